The van der Waals surface area contributed by atoms with Gasteiger partial charge in [0.2, 0.25) is 0 Å². The van der Waals surface area contributed by atoms with Crippen LogP contribution < -0.4 is 5.32 Å². The molecule has 1 N–H and O–H groups in total. The van der Waals surface area contributed by atoms with Crippen LogP contribution in [0.25, 0.3) is 17.2 Å². The molecule has 1 aliphatic rings. The maximum atomic E-state index is 4.47. The van der Waals surface area contributed by atoms with Crippen molar-refractivity contribution in [2.24, 2.45) is 0 Å². The van der Waals surface area contributed by atoms with Crippen molar-refractivity contribution in [3.8, 4) is 11.4 Å². The molecule has 21 heavy (non-hydrogen) atoms. The summed E-state index contributed by atoms with van der Waals surface area (Å²) < 4.78 is 2.04. The molecule has 4 rings (SSSR count). The standard InChI is InChI=1S/C16H17N5/c1-10-9-11(2)21-15(19-20-16(21)18-10)13-5-3-7-14-12(13)6-4-8-17-14/h3,5,7,9,17H,4,6,8H2,1-2H3. The van der Waals surface area contributed by atoms with E-state index < -0.39 is 0 Å². The Balaban J connectivity index is 1.99. The van der Waals surface area contributed by atoms with Crippen molar-refractivity contribution in [2.75, 3.05) is 11.9 Å². The largest absolute Gasteiger partial charge is 0.385 e. The van der Waals surface area contributed by atoms with Crippen LogP contribution in [-0.4, -0.2) is 26.1 Å². The van der Waals surface area contributed by atoms with Gasteiger partial charge in [0.05, 0.1) is 0 Å². The van der Waals surface area contributed by atoms with Crippen LogP contribution in [0, 0.1) is 13.8 Å². The topological polar surface area (TPSA) is 55.1 Å². The number of aryl methyl sites for hydroxylation is 2. The number of fused-ring (bicyclic) bond motifs is 2. The van der Waals surface area contributed by atoms with Crippen LogP contribution in [0.4, 0.5) is 5.69 Å². The quantitative estimate of drug-likeness (QED) is 0.744. The summed E-state index contributed by atoms with van der Waals surface area (Å²) >= 11 is 0. The Morgan fingerprint density at radius 1 is 1.19 bits per heavy atom. The van der Waals surface area contributed by atoms with Gasteiger partial charge in [-0.3, -0.25) is 4.40 Å². The minimum absolute atomic E-state index is 0.670. The van der Waals surface area contributed by atoms with E-state index >= 15 is 0 Å². The van der Waals surface area contributed by atoms with Gasteiger partial charge in [-0.1, -0.05) is 12.1 Å². The fraction of sp³-hybridized carbons (Fsp3) is 0.312. The molecule has 1 aromatic carbocycles. The van der Waals surface area contributed by atoms with E-state index in [0.29, 0.717) is 5.78 Å². The number of aromatic nitrogens is 4. The van der Waals surface area contributed by atoms with Gasteiger partial charge in [-0.25, -0.2) is 4.98 Å². The molecule has 5 heteroatoms. The molecule has 0 atom stereocenters. The minimum atomic E-state index is 0.670. The van der Waals surface area contributed by atoms with E-state index in [0.717, 1.165) is 42.2 Å². The van der Waals surface area contributed by atoms with Gasteiger partial charge < -0.3 is 5.32 Å². The highest BCUT2D eigenvalue weighted by atomic mass is 15.3. The van der Waals surface area contributed by atoms with Crippen molar-refractivity contribution < 1.29 is 0 Å². The maximum absolute atomic E-state index is 4.47. The first-order valence-corrected chi connectivity index (χ1v) is 7.29. The number of rotatable bonds is 1. The summed E-state index contributed by atoms with van der Waals surface area (Å²) in [5.41, 5.74) is 5.78. The first-order valence-electron chi connectivity index (χ1n) is 7.29. The summed E-state index contributed by atoms with van der Waals surface area (Å²) in [6.45, 7) is 5.09. The zero-order valence-electron chi connectivity index (χ0n) is 12.2. The van der Waals surface area contributed by atoms with Gasteiger partial charge in [-0.05, 0) is 44.4 Å². The fourth-order valence-electron chi connectivity index (χ4n) is 3.12. The number of anilines is 1. The Kier molecular flexibility index (Phi) is 2.67. The minimum Gasteiger partial charge on any atom is -0.385 e. The number of hydrogen-bond donors (Lipinski definition) is 1. The second-order valence-electron chi connectivity index (χ2n) is 5.56. The number of benzene rings is 1. The smallest absolute Gasteiger partial charge is 0.255 e. The number of nitrogens with one attached hydrogen (secondary N) is 1. The van der Waals surface area contributed by atoms with Gasteiger partial charge in [0, 0.05) is 29.2 Å². The van der Waals surface area contributed by atoms with Gasteiger partial charge in [-0.15, -0.1) is 10.2 Å². The number of hydrogen-bond acceptors (Lipinski definition) is 4. The van der Waals surface area contributed by atoms with E-state index in [1.54, 1.807) is 0 Å². The van der Waals surface area contributed by atoms with Crippen molar-refractivity contribution in [1.82, 2.24) is 19.6 Å². The highest BCUT2D eigenvalue weighted by Crippen LogP contribution is 2.32. The normalized spacial score (nSPS) is 14.0. The summed E-state index contributed by atoms with van der Waals surface area (Å²) in [5, 5.41) is 12.1. The summed E-state index contributed by atoms with van der Waals surface area (Å²) in [4.78, 5) is 4.47. The van der Waals surface area contributed by atoms with Gasteiger partial charge >= 0.3 is 0 Å². The van der Waals surface area contributed by atoms with Gasteiger partial charge in [-0.2, -0.15) is 0 Å². The van der Waals surface area contributed by atoms with Crippen molar-refractivity contribution in [3.05, 3.63) is 41.2 Å². The average molecular weight is 279 g/mol. The van der Waals surface area contributed by atoms with E-state index in [-0.39, 0.29) is 0 Å². The molecule has 3 aromatic rings. The Morgan fingerprint density at radius 3 is 3.00 bits per heavy atom. The third-order valence-corrected chi connectivity index (χ3v) is 4.03. The van der Waals surface area contributed by atoms with Crippen molar-refractivity contribution >= 4 is 11.5 Å². The predicted molar refractivity (Wildman–Crippen MR) is 82.5 cm³/mol. The highest BCUT2D eigenvalue weighted by molar-refractivity contribution is 5.72. The van der Waals surface area contributed by atoms with E-state index in [1.807, 2.05) is 11.3 Å². The molecule has 3 heterocycles. The molecule has 106 valence electrons. The molecule has 0 amide bonds. The Hall–Kier alpha value is -2.43. The molecule has 1 aliphatic heterocycles. The van der Waals surface area contributed by atoms with Crippen LogP contribution >= 0.6 is 0 Å². The van der Waals surface area contributed by atoms with E-state index in [9.17, 15) is 0 Å². The Bertz CT molecular complexity index is 834. The van der Waals surface area contributed by atoms with Crippen molar-refractivity contribution in [3.63, 3.8) is 0 Å². The highest BCUT2D eigenvalue weighted by Gasteiger charge is 2.18. The lowest BCUT2D eigenvalue weighted by Crippen LogP contribution is -2.13. The molecule has 0 fully saturated rings. The molecule has 0 bridgehead atoms. The molecule has 0 aliphatic carbocycles. The summed E-state index contributed by atoms with van der Waals surface area (Å²) in [6.07, 6.45) is 2.23. The van der Waals surface area contributed by atoms with Crippen LogP contribution in [0.1, 0.15) is 23.4 Å². The zero-order chi connectivity index (χ0) is 14.4. The molecule has 0 radical (unpaired) electrons. The monoisotopic (exact) mass is 279 g/mol. The second kappa shape index (κ2) is 4.55. The molecular weight excluding hydrogens is 262 g/mol. The SMILES string of the molecule is Cc1cc(C)n2c(-c3cccc4c3CCCN4)nnc2n1. The summed E-state index contributed by atoms with van der Waals surface area (Å²) in [7, 11) is 0. The van der Waals surface area contributed by atoms with Gasteiger partial charge in [0.25, 0.3) is 5.78 Å². The first kappa shape index (κ1) is 12.3. The zero-order valence-corrected chi connectivity index (χ0v) is 12.2. The number of nitrogens with zero attached hydrogens (tertiary/aromatic N) is 4. The molecule has 0 unspecified atom stereocenters. The third kappa shape index (κ3) is 1.88. The average Bonchev–Trinajstić information content (AvgIpc) is 2.90. The van der Waals surface area contributed by atoms with Crippen LogP contribution in [0.15, 0.2) is 24.3 Å². The van der Waals surface area contributed by atoms with Crippen LogP contribution in [0.2, 0.25) is 0 Å². The lowest BCUT2D eigenvalue weighted by molar-refractivity contribution is 0.829. The summed E-state index contributed by atoms with van der Waals surface area (Å²) in [6, 6.07) is 8.40. The molecule has 0 saturated carbocycles. The van der Waals surface area contributed by atoms with E-state index in [2.05, 4.69) is 51.7 Å². The Labute approximate surface area is 123 Å². The van der Waals surface area contributed by atoms with Crippen molar-refractivity contribution in [2.45, 2.75) is 26.7 Å². The fourth-order valence-corrected chi connectivity index (χ4v) is 3.12. The van der Waals surface area contributed by atoms with Crippen molar-refractivity contribution in [1.29, 1.82) is 0 Å². The molecular formula is C16H17N5. The Morgan fingerprint density at radius 2 is 2.10 bits per heavy atom. The van der Waals surface area contributed by atoms with Crippen LogP contribution in [-0.2, 0) is 6.42 Å². The molecule has 0 spiro atoms. The third-order valence-electron chi connectivity index (χ3n) is 4.03. The maximum Gasteiger partial charge on any atom is 0.255 e. The van der Waals surface area contributed by atoms with Crippen LogP contribution in [0.3, 0.4) is 0 Å². The van der Waals surface area contributed by atoms with E-state index in [1.165, 1.54) is 11.3 Å². The first-order chi connectivity index (χ1) is 10.2. The molecule has 5 nitrogen and oxygen atoms in total. The summed E-state index contributed by atoms with van der Waals surface area (Å²) in [5.74, 6) is 1.56. The van der Waals surface area contributed by atoms with Crippen LogP contribution in [0.5, 0.6) is 0 Å². The lowest BCUT2D eigenvalue weighted by atomic mass is 9.97. The predicted octanol–water partition coefficient (Wildman–Crippen LogP) is 2.77. The lowest BCUT2D eigenvalue weighted by Gasteiger charge is -2.20. The molecule has 2 aromatic heterocycles. The van der Waals surface area contributed by atoms with Gasteiger partial charge in [0.1, 0.15) is 0 Å². The second-order valence-corrected chi connectivity index (χ2v) is 5.56. The molecule has 0 saturated heterocycles. The van der Waals surface area contributed by atoms with E-state index in [4.69, 9.17) is 0 Å². The van der Waals surface area contributed by atoms with Gasteiger partial charge in [0.15, 0.2) is 5.82 Å².